The second-order valence-corrected chi connectivity index (χ2v) is 6.24. The molecule has 0 fully saturated rings. The number of carbonyl (C=O) groups excluding carboxylic acids is 1. The van der Waals surface area contributed by atoms with Gasteiger partial charge in [-0.25, -0.2) is 0 Å². The molecular weight excluding hydrogens is 352 g/mol. The lowest BCUT2D eigenvalue weighted by Crippen LogP contribution is -2.38. The van der Waals surface area contributed by atoms with E-state index in [0.29, 0.717) is 23.6 Å². The molecule has 1 amide bonds. The lowest BCUT2D eigenvalue weighted by molar-refractivity contribution is -0.115. The van der Waals surface area contributed by atoms with Crippen molar-refractivity contribution in [2.75, 3.05) is 30.9 Å². The van der Waals surface area contributed by atoms with Crippen LogP contribution in [0.25, 0.3) is 6.08 Å². The third-order valence-electron chi connectivity index (χ3n) is 4.74. The Balaban J connectivity index is 0.00000196. The summed E-state index contributed by atoms with van der Waals surface area (Å²) in [5, 5.41) is 0. The summed E-state index contributed by atoms with van der Waals surface area (Å²) in [7, 11) is 1.61. The molecule has 0 radical (unpaired) electrons. The summed E-state index contributed by atoms with van der Waals surface area (Å²) in [5.74, 6) is 1.33. The van der Waals surface area contributed by atoms with Crippen LogP contribution < -0.4 is 20.1 Å². The van der Waals surface area contributed by atoms with E-state index in [0.717, 1.165) is 35.3 Å². The number of nitrogens with two attached hydrogens (primary N) is 1. The van der Waals surface area contributed by atoms with Gasteiger partial charge in [-0.2, -0.15) is 0 Å². The predicted octanol–water partition coefficient (Wildman–Crippen LogP) is 3.45. The number of halogens is 1. The molecule has 2 aliphatic heterocycles. The van der Waals surface area contributed by atoms with Gasteiger partial charge in [-0.15, -0.1) is 12.4 Å². The van der Waals surface area contributed by atoms with Gasteiger partial charge in [-0.05, 0) is 42.7 Å². The van der Waals surface area contributed by atoms with E-state index in [1.807, 2.05) is 47.4 Å². The van der Waals surface area contributed by atoms with Crippen LogP contribution in [0, 0.1) is 0 Å². The Morgan fingerprint density at radius 1 is 1.23 bits per heavy atom. The number of anilines is 2. The minimum absolute atomic E-state index is 0. The van der Waals surface area contributed by atoms with Crippen molar-refractivity contribution in [1.29, 1.82) is 0 Å². The molecule has 0 atom stereocenters. The lowest BCUT2D eigenvalue weighted by atomic mass is 9.98. The van der Waals surface area contributed by atoms with E-state index in [-0.39, 0.29) is 24.9 Å². The molecule has 5 nitrogen and oxygen atoms in total. The zero-order valence-electron chi connectivity index (χ0n) is 14.5. The number of amides is 1. The molecule has 6 heteroatoms. The number of rotatable bonds is 2. The zero-order chi connectivity index (χ0) is 17.4. The minimum Gasteiger partial charge on any atom is -0.493 e. The van der Waals surface area contributed by atoms with Crippen molar-refractivity contribution >= 4 is 35.8 Å². The number of hydrogen-bond donors (Lipinski definition) is 1. The van der Waals surface area contributed by atoms with Crippen LogP contribution in [0.1, 0.15) is 17.5 Å². The van der Waals surface area contributed by atoms with Crippen molar-refractivity contribution in [3.05, 3.63) is 53.1 Å². The summed E-state index contributed by atoms with van der Waals surface area (Å²) in [5.41, 5.74) is 10.3. The largest absolute Gasteiger partial charge is 0.493 e. The van der Waals surface area contributed by atoms with Crippen LogP contribution in [0.3, 0.4) is 0 Å². The Morgan fingerprint density at radius 3 is 2.85 bits per heavy atom. The van der Waals surface area contributed by atoms with Crippen molar-refractivity contribution in [1.82, 2.24) is 0 Å². The smallest absolute Gasteiger partial charge is 0.257 e. The highest BCUT2D eigenvalue weighted by Gasteiger charge is 2.28. The minimum atomic E-state index is -0.0278. The van der Waals surface area contributed by atoms with Crippen LogP contribution in [0.15, 0.2) is 42.0 Å². The van der Waals surface area contributed by atoms with Gasteiger partial charge in [0.2, 0.25) is 0 Å². The number of nitrogens with zero attached hydrogens (tertiary/aromatic N) is 1. The quantitative estimate of drug-likeness (QED) is 0.820. The number of carbonyl (C=O) groups is 1. The molecule has 0 aliphatic carbocycles. The van der Waals surface area contributed by atoms with E-state index in [1.165, 1.54) is 0 Å². The van der Waals surface area contributed by atoms with Crippen molar-refractivity contribution in [3.63, 3.8) is 0 Å². The molecule has 2 heterocycles. The fourth-order valence-corrected chi connectivity index (χ4v) is 3.50. The maximum atomic E-state index is 13.1. The van der Waals surface area contributed by atoms with E-state index in [1.54, 1.807) is 7.11 Å². The van der Waals surface area contributed by atoms with Crippen LogP contribution in [-0.2, 0) is 11.2 Å². The summed E-state index contributed by atoms with van der Waals surface area (Å²) in [6, 6.07) is 11.4. The average Bonchev–Trinajstić information content (AvgIpc) is 2.66. The third kappa shape index (κ3) is 2.99. The fraction of sp³-hybridized carbons (Fsp3) is 0.250. The summed E-state index contributed by atoms with van der Waals surface area (Å²) in [6.07, 6.45) is 3.71. The van der Waals surface area contributed by atoms with Gasteiger partial charge in [0.15, 0.2) is 11.5 Å². The van der Waals surface area contributed by atoms with E-state index in [4.69, 9.17) is 15.2 Å². The molecule has 2 aromatic carbocycles. The maximum Gasteiger partial charge on any atom is 0.257 e. The van der Waals surface area contributed by atoms with E-state index in [9.17, 15) is 4.79 Å². The zero-order valence-corrected chi connectivity index (χ0v) is 15.3. The van der Waals surface area contributed by atoms with Gasteiger partial charge in [-0.3, -0.25) is 4.79 Å². The normalized spacial score (nSPS) is 15.0. The number of ether oxygens (including phenoxy) is 2. The molecule has 0 unspecified atom stereocenters. The number of benzene rings is 2. The number of hydrogen-bond acceptors (Lipinski definition) is 4. The molecule has 136 valence electrons. The standard InChI is InChI=1S/C20H20N2O3.ClH/c1-24-18-9-2-5-13-11-14(12-25-19(13)18)20(23)22-10-4-6-15-16(21)7-3-8-17(15)22;/h2-3,5,7-9,11H,4,6,10,12,21H2,1H3;1H. The third-order valence-corrected chi connectivity index (χ3v) is 4.74. The number of nitrogen functional groups attached to an aromatic ring is 1. The Morgan fingerprint density at radius 2 is 2.04 bits per heavy atom. The number of fused-ring (bicyclic) bond motifs is 2. The highest BCUT2D eigenvalue weighted by atomic mass is 35.5. The molecular formula is C20H21ClN2O3. The second kappa shape index (κ2) is 7.30. The fourth-order valence-electron chi connectivity index (χ4n) is 3.50. The summed E-state index contributed by atoms with van der Waals surface area (Å²) in [6.45, 7) is 0.929. The van der Waals surface area contributed by atoms with Crippen molar-refractivity contribution in [2.24, 2.45) is 0 Å². The monoisotopic (exact) mass is 372 g/mol. The molecule has 0 spiro atoms. The van der Waals surface area contributed by atoms with Crippen LogP contribution >= 0.6 is 12.4 Å². The Hall–Kier alpha value is -2.66. The summed E-state index contributed by atoms with van der Waals surface area (Å²) in [4.78, 5) is 14.9. The predicted molar refractivity (Wildman–Crippen MR) is 105 cm³/mol. The molecule has 2 aromatic rings. The van der Waals surface area contributed by atoms with Crippen LogP contribution in [0.4, 0.5) is 11.4 Å². The van der Waals surface area contributed by atoms with E-state index < -0.39 is 0 Å². The molecule has 2 aliphatic rings. The first kappa shape index (κ1) is 18.1. The molecule has 0 saturated heterocycles. The molecule has 0 bridgehead atoms. The Labute approximate surface area is 158 Å². The topological polar surface area (TPSA) is 64.8 Å². The van der Waals surface area contributed by atoms with Gasteiger partial charge in [-0.1, -0.05) is 18.2 Å². The van der Waals surface area contributed by atoms with Crippen molar-refractivity contribution in [2.45, 2.75) is 12.8 Å². The van der Waals surface area contributed by atoms with Gasteiger partial charge in [0.1, 0.15) is 6.61 Å². The first-order chi connectivity index (χ1) is 12.2. The highest BCUT2D eigenvalue weighted by molar-refractivity contribution is 6.10. The van der Waals surface area contributed by atoms with Gasteiger partial charge in [0.05, 0.1) is 12.7 Å². The number of para-hydroxylation sites is 1. The average molecular weight is 373 g/mol. The molecule has 26 heavy (non-hydrogen) atoms. The first-order valence-electron chi connectivity index (χ1n) is 8.38. The summed E-state index contributed by atoms with van der Waals surface area (Å²) >= 11 is 0. The first-order valence-corrected chi connectivity index (χ1v) is 8.38. The summed E-state index contributed by atoms with van der Waals surface area (Å²) < 4.78 is 11.1. The van der Waals surface area contributed by atoms with Crippen LogP contribution in [0.2, 0.25) is 0 Å². The molecule has 0 saturated carbocycles. The highest BCUT2D eigenvalue weighted by Crippen LogP contribution is 2.37. The molecule has 0 aromatic heterocycles. The van der Waals surface area contributed by atoms with Gasteiger partial charge in [0.25, 0.3) is 5.91 Å². The Kier molecular flexibility index (Phi) is 5.09. The molecule has 4 rings (SSSR count). The lowest BCUT2D eigenvalue weighted by Gasteiger charge is -2.31. The van der Waals surface area contributed by atoms with Gasteiger partial charge in [0, 0.05) is 23.5 Å². The van der Waals surface area contributed by atoms with E-state index in [2.05, 4.69) is 0 Å². The number of methoxy groups -OCH3 is 1. The SMILES string of the molecule is COc1cccc2c1OCC(C(=O)N1CCCc3c(N)cccc31)=C2.Cl. The Bertz CT molecular complexity index is 879. The van der Waals surface area contributed by atoms with Crippen molar-refractivity contribution < 1.29 is 14.3 Å². The van der Waals surface area contributed by atoms with E-state index >= 15 is 0 Å². The van der Waals surface area contributed by atoms with Gasteiger partial charge >= 0.3 is 0 Å². The van der Waals surface area contributed by atoms with Gasteiger partial charge < -0.3 is 20.1 Å². The molecule has 2 N–H and O–H groups in total. The van der Waals surface area contributed by atoms with Crippen LogP contribution in [-0.4, -0.2) is 26.2 Å². The maximum absolute atomic E-state index is 13.1. The van der Waals surface area contributed by atoms with Crippen LogP contribution in [0.5, 0.6) is 11.5 Å². The second-order valence-electron chi connectivity index (χ2n) is 6.24. The van der Waals surface area contributed by atoms with Crippen molar-refractivity contribution in [3.8, 4) is 11.5 Å².